The Hall–Kier alpha value is -0.430. The molecule has 0 N–H and O–H groups in total. The first-order chi connectivity index (χ1) is 4.88. The third kappa shape index (κ3) is 1.54. The fourth-order valence-electron chi connectivity index (χ4n) is 0.996. The van der Waals surface area contributed by atoms with E-state index in [9.17, 15) is 0 Å². The summed E-state index contributed by atoms with van der Waals surface area (Å²) in [4.78, 5) is 1.40. The summed E-state index contributed by atoms with van der Waals surface area (Å²) >= 11 is 1.92. The fraction of sp³-hybridized carbons (Fsp3) is 0.333. The van der Waals surface area contributed by atoms with Crippen molar-refractivity contribution in [3.8, 4) is 0 Å². The van der Waals surface area contributed by atoms with Crippen LogP contribution in [0.4, 0.5) is 0 Å². The van der Waals surface area contributed by atoms with Crippen LogP contribution in [0, 0.1) is 0 Å². The van der Waals surface area contributed by atoms with Crippen LogP contribution in [0.3, 0.4) is 0 Å². The number of rotatable bonds is 2. The lowest BCUT2D eigenvalue weighted by Gasteiger charge is -1.92. The highest BCUT2D eigenvalue weighted by atomic mass is 32.2. The van der Waals surface area contributed by atoms with Gasteiger partial charge in [-0.25, -0.2) is 0 Å². The van der Waals surface area contributed by atoms with Gasteiger partial charge in [0.05, 0.1) is 0 Å². The molecule has 0 aliphatic carbocycles. The third-order valence-electron chi connectivity index (χ3n) is 1.51. The average Bonchev–Trinajstić information content (AvgIpc) is 2.36. The van der Waals surface area contributed by atoms with Crippen molar-refractivity contribution in [2.45, 2.75) is 13.3 Å². The molecule has 1 heterocycles. The summed E-state index contributed by atoms with van der Waals surface area (Å²) in [6, 6.07) is 0. The van der Waals surface area contributed by atoms with Gasteiger partial charge in [-0.15, -0.1) is 11.8 Å². The molecule has 0 nitrogen and oxygen atoms in total. The molecule has 1 heteroatoms. The Labute approximate surface area is 66.7 Å². The van der Waals surface area contributed by atoms with Crippen LogP contribution in [-0.4, -0.2) is 5.75 Å². The van der Waals surface area contributed by atoms with Crippen LogP contribution < -0.4 is 0 Å². The normalized spacial score (nSPS) is 18.9. The maximum atomic E-state index is 3.77. The van der Waals surface area contributed by atoms with E-state index in [-0.39, 0.29) is 0 Å². The Morgan fingerprint density at radius 1 is 1.60 bits per heavy atom. The molecule has 54 valence electrons. The molecule has 0 aromatic carbocycles. The predicted octanol–water partition coefficient (Wildman–Crippen LogP) is 3.14. The number of hydrogen-bond acceptors (Lipinski definition) is 1. The van der Waals surface area contributed by atoms with E-state index >= 15 is 0 Å². The van der Waals surface area contributed by atoms with Gasteiger partial charge in [0.25, 0.3) is 0 Å². The Kier molecular flexibility index (Phi) is 2.82. The van der Waals surface area contributed by atoms with Crippen LogP contribution in [-0.2, 0) is 0 Å². The molecule has 0 unspecified atom stereocenters. The molecular formula is C9H12S. The molecule has 0 bridgehead atoms. The number of thioether (sulfide) groups is 1. The van der Waals surface area contributed by atoms with Gasteiger partial charge >= 0.3 is 0 Å². The topological polar surface area (TPSA) is 0 Å². The average molecular weight is 152 g/mol. The molecule has 0 amide bonds. The SMILES string of the molecule is C=CC1=C(/C=C\C)SCC1. The molecule has 10 heavy (non-hydrogen) atoms. The highest BCUT2D eigenvalue weighted by Crippen LogP contribution is 2.32. The minimum absolute atomic E-state index is 1.19. The van der Waals surface area contributed by atoms with Gasteiger partial charge in [-0.1, -0.05) is 24.8 Å². The van der Waals surface area contributed by atoms with Crippen molar-refractivity contribution in [2.75, 3.05) is 5.75 Å². The van der Waals surface area contributed by atoms with Crippen LogP contribution in [0.1, 0.15) is 13.3 Å². The van der Waals surface area contributed by atoms with E-state index in [1.807, 2.05) is 24.8 Å². The van der Waals surface area contributed by atoms with Gasteiger partial charge in [0, 0.05) is 10.7 Å². The molecule has 0 spiro atoms. The molecule has 1 aliphatic heterocycles. The Balaban J connectivity index is 2.77. The lowest BCUT2D eigenvalue weighted by Crippen LogP contribution is -1.72. The van der Waals surface area contributed by atoms with Gasteiger partial charge in [0.1, 0.15) is 0 Å². The minimum Gasteiger partial charge on any atom is -0.126 e. The molecule has 0 fully saturated rings. The second kappa shape index (κ2) is 3.67. The van der Waals surface area contributed by atoms with Gasteiger partial charge in [-0.3, -0.25) is 0 Å². The smallest absolute Gasteiger partial charge is 0.0101 e. The van der Waals surface area contributed by atoms with E-state index in [0.717, 1.165) is 0 Å². The predicted molar refractivity (Wildman–Crippen MR) is 49.1 cm³/mol. The summed E-state index contributed by atoms with van der Waals surface area (Å²) in [5, 5.41) is 0. The summed E-state index contributed by atoms with van der Waals surface area (Å²) in [6.07, 6.45) is 7.40. The summed E-state index contributed by atoms with van der Waals surface area (Å²) in [5.41, 5.74) is 1.41. The van der Waals surface area contributed by atoms with Gasteiger partial charge in [0.15, 0.2) is 0 Å². The zero-order valence-corrected chi connectivity index (χ0v) is 7.08. The number of allylic oxidation sites excluding steroid dienone is 4. The van der Waals surface area contributed by atoms with E-state index < -0.39 is 0 Å². The Morgan fingerprint density at radius 2 is 2.40 bits per heavy atom. The molecule has 0 aromatic rings. The minimum atomic E-state index is 1.19. The van der Waals surface area contributed by atoms with Gasteiger partial charge in [0.2, 0.25) is 0 Å². The molecule has 1 aliphatic rings. The third-order valence-corrected chi connectivity index (χ3v) is 2.63. The molecule has 0 saturated carbocycles. The zero-order chi connectivity index (χ0) is 7.40. The van der Waals surface area contributed by atoms with Crippen LogP contribution >= 0.6 is 11.8 Å². The van der Waals surface area contributed by atoms with E-state index in [2.05, 4.69) is 18.7 Å². The molecule has 0 atom stereocenters. The fourth-order valence-corrected chi connectivity index (χ4v) is 2.14. The number of hydrogen-bond donors (Lipinski definition) is 0. The van der Waals surface area contributed by atoms with Crippen molar-refractivity contribution in [1.82, 2.24) is 0 Å². The molecule has 1 rings (SSSR count). The van der Waals surface area contributed by atoms with Crippen molar-refractivity contribution < 1.29 is 0 Å². The lowest BCUT2D eigenvalue weighted by atomic mass is 10.2. The standard InChI is InChI=1S/C9H12S/c1-3-5-9-8(4-2)6-7-10-9/h3-5H,2,6-7H2,1H3/b5-3-. The monoisotopic (exact) mass is 152 g/mol. The van der Waals surface area contributed by atoms with Crippen LogP contribution in [0.2, 0.25) is 0 Å². The summed E-state index contributed by atoms with van der Waals surface area (Å²) in [5.74, 6) is 1.22. The largest absolute Gasteiger partial charge is 0.126 e. The van der Waals surface area contributed by atoms with Crippen molar-refractivity contribution in [1.29, 1.82) is 0 Å². The summed E-state index contributed by atoms with van der Waals surface area (Å²) < 4.78 is 0. The van der Waals surface area contributed by atoms with Crippen LogP contribution in [0.15, 0.2) is 35.3 Å². The highest BCUT2D eigenvalue weighted by molar-refractivity contribution is 8.03. The van der Waals surface area contributed by atoms with Crippen molar-refractivity contribution in [3.05, 3.63) is 35.3 Å². The summed E-state index contributed by atoms with van der Waals surface area (Å²) in [6.45, 7) is 5.82. The van der Waals surface area contributed by atoms with E-state index in [4.69, 9.17) is 0 Å². The molecule has 0 aromatic heterocycles. The molecular weight excluding hydrogens is 140 g/mol. The second-order valence-corrected chi connectivity index (χ2v) is 3.33. The Bertz CT molecular complexity index is 187. The van der Waals surface area contributed by atoms with E-state index in [0.29, 0.717) is 0 Å². The van der Waals surface area contributed by atoms with E-state index in [1.165, 1.54) is 22.7 Å². The summed E-state index contributed by atoms with van der Waals surface area (Å²) in [7, 11) is 0. The van der Waals surface area contributed by atoms with E-state index in [1.54, 1.807) is 0 Å². The Morgan fingerprint density at radius 3 is 3.00 bits per heavy atom. The van der Waals surface area contributed by atoms with Crippen LogP contribution in [0.25, 0.3) is 0 Å². The quantitative estimate of drug-likeness (QED) is 0.585. The maximum absolute atomic E-state index is 3.77. The molecule has 0 saturated heterocycles. The van der Waals surface area contributed by atoms with Gasteiger partial charge < -0.3 is 0 Å². The van der Waals surface area contributed by atoms with Crippen LogP contribution in [0.5, 0.6) is 0 Å². The first-order valence-electron chi connectivity index (χ1n) is 3.49. The zero-order valence-electron chi connectivity index (χ0n) is 6.26. The lowest BCUT2D eigenvalue weighted by molar-refractivity contribution is 1.19. The van der Waals surface area contributed by atoms with Gasteiger partial charge in [-0.2, -0.15) is 0 Å². The van der Waals surface area contributed by atoms with Gasteiger partial charge in [-0.05, 0) is 18.9 Å². The molecule has 0 radical (unpaired) electrons. The van der Waals surface area contributed by atoms with Crippen molar-refractivity contribution in [2.24, 2.45) is 0 Å². The second-order valence-electron chi connectivity index (χ2n) is 2.19. The first-order valence-corrected chi connectivity index (χ1v) is 4.48. The highest BCUT2D eigenvalue weighted by Gasteiger charge is 2.08. The van der Waals surface area contributed by atoms with Crippen molar-refractivity contribution >= 4 is 11.8 Å². The van der Waals surface area contributed by atoms with Crippen molar-refractivity contribution in [3.63, 3.8) is 0 Å². The first kappa shape index (κ1) is 7.67. The maximum Gasteiger partial charge on any atom is 0.0101 e.